The minimum atomic E-state index is -0.0872. The maximum Gasteiger partial charge on any atom is 0.251 e. The summed E-state index contributed by atoms with van der Waals surface area (Å²) in [5, 5.41) is 9.03. The smallest absolute Gasteiger partial charge is 0.251 e. The van der Waals surface area contributed by atoms with Crippen LogP contribution < -0.4 is 16.0 Å². The van der Waals surface area contributed by atoms with Crippen LogP contribution in [-0.4, -0.2) is 38.5 Å². The second-order valence-corrected chi connectivity index (χ2v) is 6.67. The van der Waals surface area contributed by atoms with Gasteiger partial charge in [-0.15, -0.1) is 0 Å². The van der Waals surface area contributed by atoms with Gasteiger partial charge in [0.05, 0.1) is 0 Å². The van der Waals surface area contributed by atoms with Crippen molar-refractivity contribution in [3.8, 4) is 0 Å². The molecule has 2 amide bonds. The Balaban J connectivity index is 1.73. The number of nitrogens with one attached hydrogen (secondary N) is 3. The Bertz CT molecular complexity index is 553. The van der Waals surface area contributed by atoms with Gasteiger partial charge in [-0.05, 0) is 61.9 Å². The molecule has 0 saturated carbocycles. The quantitative estimate of drug-likeness (QED) is 0.713. The first-order valence-corrected chi connectivity index (χ1v) is 8.88. The van der Waals surface area contributed by atoms with Crippen molar-refractivity contribution >= 4 is 11.8 Å². The van der Waals surface area contributed by atoms with Crippen LogP contribution >= 0.6 is 0 Å². The molecule has 2 unspecified atom stereocenters. The van der Waals surface area contributed by atoms with Gasteiger partial charge in [-0.2, -0.15) is 0 Å². The molecule has 2 rings (SSSR count). The molecule has 0 radical (unpaired) electrons. The van der Waals surface area contributed by atoms with Crippen molar-refractivity contribution in [3.05, 3.63) is 35.4 Å². The van der Waals surface area contributed by atoms with Gasteiger partial charge in [-0.25, -0.2) is 0 Å². The summed E-state index contributed by atoms with van der Waals surface area (Å²) in [5.74, 6) is 1.05. The first-order valence-electron chi connectivity index (χ1n) is 8.88. The van der Waals surface area contributed by atoms with E-state index in [9.17, 15) is 9.59 Å². The summed E-state index contributed by atoms with van der Waals surface area (Å²) in [5.41, 5.74) is 1.71. The van der Waals surface area contributed by atoms with Crippen LogP contribution in [0.2, 0.25) is 0 Å². The van der Waals surface area contributed by atoms with Crippen molar-refractivity contribution in [3.63, 3.8) is 0 Å². The lowest BCUT2D eigenvalue weighted by atomic mass is 9.85. The second-order valence-electron chi connectivity index (χ2n) is 6.67. The van der Waals surface area contributed by atoms with Gasteiger partial charge in [0.1, 0.15) is 0 Å². The molecule has 5 heteroatoms. The zero-order chi connectivity index (χ0) is 17.4. The predicted octanol–water partition coefficient (Wildman–Crippen LogP) is 1.73. The summed E-state index contributed by atoms with van der Waals surface area (Å²) in [4.78, 5) is 23.7. The van der Waals surface area contributed by atoms with E-state index in [1.165, 1.54) is 12.8 Å². The number of rotatable bonds is 7. The molecule has 1 aliphatic heterocycles. The summed E-state index contributed by atoms with van der Waals surface area (Å²) in [6.07, 6.45) is 3.74. The molecule has 3 N–H and O–H groups in total. The zero-order valence-electron chi connectivity index (χ0n) is 14.7. The second kappa shape index (κ2) is 9.42. The zero-order valence-corrected chi connectivity index (χ0v) is 14.7. The van der Waals surface area contributed by atoms with Crippen LogP contribution in [0, 0.1) is 11.8 Å². The fourth-order valence-corrected chi connectivity index (χ4v) is 3.25. The van der Waals surface area contributed by atoms with Gasteiger partial charge in [-0.1, -0.05) is 19.1 Å². The van der Waals surface area contributed by atoms with Crippen LogP contribution in [0.5, 0.6) is 0 Å². The molecule has 24 heavy (non-hydrogen) atoms. The van der Waals surface area contributed by atoms with E-state index in [0.717, 1.165) is 25.1 Å². The number of benzene rings is 1. The van der Waals surface area contributed by atoms with Gasteiger partial charge in [0.25, 0.3) is 5.91 Å². The molecule has 1 aromatic carbocycles. The van der Waals surface area contributed by atoms with Crippen LogP contribution in [0.15, 0.2) is 24.3 Å². The first-order chi connectivity index (χ1) is 11.6. The minimum absolute atomic E-state index is 0.0872. The SMILES string of the molecule is CNC(=O)c1cccc(CCNC(=O)CC(C)C2CCCNC2)c1. The van der Waals surface area contributed by atoms with E-state index in [2.05, 4.69) is 22.9 Å². The minimum Gasteiger partial charge on any atom is -0.356 e. The monoisotopic (exact) mass is 331 g/mol. The number of hydrogen-bond acceptors (Lipinski definition) is 3. The highest BCUT2D eigenvalue weighted by Gasteiger charge is 2.21. The van der Waals surface area contributed by atoms with Crippen LogP contribution in [-0.2, 0) is 11.2 Å². The first kappa shape index (κ1) is 18.5. The van der Waals surface area contributed by atoms with E-state index in [0.29, 0.717) is 30.4 Å². The largest absolute Gasteiger partial charge is 0.356 e. The van der Waals surface area contributed by atoms with E-state index >= 15 is 0 Å². The van der Waals surface area contributed by atoms with E-state index in [1.807, 2.05) is 18.2 Å². The number of amides is 2. The molecular formula is C19H29N3O2. The fraction of sp³-hybridized carbons (Fsp3) is 0.579. The number of piperidine rings is 1. The van der Waals surface area contributed by atoms with Crippen molar-refractivity contribution in [1.29, 1.82) is 0 Å². The molecule has 0 spiro atoms. The van der Waals surface area contributed by atoms with Crippen LogP contribution in [0.4, 0.5) is 0 Å². The lowest BCUT2D eigenvalue weighted by Crippen LogP contribution is -2.36. The Morgan fingerprint density at radius 2 is 2.21 bits per heavy atom. The average Bonchev–Trinajstić information content (AvgIpc) is 2.62. The van der Waals surface area contributed by atoms with Gasteiger partial charge in [0.15, 0.2) is 0 Å². The molecule has 1 aliphatic rings. The van der Waals surface area contributed by atoms with E-state index in [-0.39, 0.29) is 11.8 Å². The molecule has 1 aromatic rings. The third kappa shape index (κ3) is 5.64. The van der Waals surface area contributed by atoms with Gasteiger partial charge in [-0.3, -0.25) is 9.59 Å². The molecule has 2 atom stereocenters. The van der Waals surface area contributed by atoms with Crippen molar-refractivity contribution in [2.75, 3.05) is 26.7 Å². The molecule has 5 nitrogen and oxygen atoms in total. The third-order valence-electron chi connectivity index (χ3n) is 4.80. The normalized spacial score (nSPS) is 18.7. The average molecular weight is 331 g/mol. The predicted molar refractivity (Wildman–Crippen MR) is 95.9 cm³/mol. The molecule has 0 aliphatic carbocycles. The molecule has 1 heterocycles. The lowest BCUT2D eigenvalue weighted by molar-refractivity contribution is -0.122. The standard InChI is InChI=1S/C19H29N3O2/c1-14(17-7-4-9-21-13-17)11-18(23)22-10-8-15-5-3-6-16(12-15)19(24)20-2/h3,5-6,12,14,17,21H,4,7-11,13H2,1-2H3,(H,20,24)(H,22,23). The lowest BCUT2D eigenvalue weighted by Gasteiger charge is -2.28. The Morgan fingerprint density at radius 1 is 1.38 bits per heavy atom. The van der Waals surface area contributed by atoms with E-state index in [1.54, 1.807) is 13.1 Å². The van der Waals surface area contributed by atoms with E-state index in [4.69, 9.17) is 0 Å². The van der Waals surface area contributed by atoms with Crippen LogP contribution in [0.3, 0.4) is 0 Å². The molecule has 132 valence electrons. The van der Waals surface area contributed by atoms with Crippen molar-refractivity contribution in [2.45, 2.75) is 32.6 Å². The Morgan fingerprint density at radius 3 is 2.92 bits per heavy atom. The maximum atomic E-state index is 12.1. The molecule has 0 bridgehead atoms. The van der Waals surface area contributed by atoms with Crippen molar-refractivity contribution in [2.24, 2.45) is 11.8 Å². The highest BCUT2D eigenvalue weighted by atomic mass is 16.2. The Kier molecular flexibility index (Phi) is 7.25. The van der Waals surface area contributed by atoms with Crippen molar-refractivity contribution < 1.29 is 9.59 Å². The molecule has 1 fully saturated rings. The number of carbonyl (C=O) groups is 2. The molecule has 0 aromatic heterocycles. The van der Waals surface area contributed by atoms with Gasteiger partial charge in [0, 0.05) is 25.6 Å². The maximum absolute atomic E-state index is 12.1. The highest BCUT2D eigenvalue weighted by molar-refractivity contribution is 5.94. The summed E-state index contributed by atoms with van der Waals surface area (Å²) in [7, 11) is 1.62. The van der Waals surface area contributed by atoms with E-state index < -0.39 is 0 Å². The van der Waals surface area contributed by atoms with Crippen LogP contribution in [0.25, 0.3) is 0 Å². The fourth-order valence-electron chi connectivity index (χ4n) is 3.25. The Labute approximate surface area is 144 Å². The number of hydrogen-bond donors (Lipinski definition) is 3. The van der Waals surface area contributed by atoms with Gasteiger partial charge in [0.2, 0.25) is 5.91 Å². The number of carbonyl (C=O) groups excluding carboxylic acids is 2. The summed E-state index contributed by atoms with van der Waals surface area (Å²) in [6, 6.07) is 7.52. The summed E-state index contributed by atoms with van der Waals surface area (Å²) < 4.78 is 0. The highest BCUT2D eigenvalue weighted by Crippen LogP contribution is 2.22. The molecular weight excluding hydrogens is 302 g/mol. The van der Waals surface area contributed by atoms with Gasteiger partial charge >= 0.3 is 0 Å². The Hall–Kier alpha value is -1.88. The van der Waals surface area contributed by atoms with Crippen molar-refractivity contribution in [1.82, 2.24) is 16.0 Å². The van der Waals surface area contributed by atoms with Crippen LogP contribution in [0.1, 0.15) is 42.1 Å². The summed E-state index contributed by atoms with van der Waals surface area (Å²) in [6.45, 7) is 4.90. The topological polar surface area (TPSA) is 70.2 Å². The summed E-state index contributed by atoms with van der Waals surface area (Å²) >= 11 is 0. The van der Waals surface area contributed by atoms with Gasteiger partial charge < -0.3 is 16.0 Å². The third-order valence-corrected chi connectivity index (χ3v) is 4.80. The molecule has 1 saturated heterocycles.